The summed E-state index contributed by atoms with van der Waals surface area (Å²) in [5.74, 6) is 5.76. The van der Waals surface area contributed by atoms with Crippen molar-refractivity contribution >= 4 is 5.69 Å². The molecular formula is C9H13N3. The van der Waals surface area contributed by atoms with E-state index in [4.69, 9.17) is 0 Å². The molecule has 64 valence electrons. The summed E-state index contributed by atoms with van der Waals surface area (Å²) in [6, 6.07) is 0. The highest BCUT2D eigenvalue weighted by Crippen LogP contribution is 2.09. The average Bonchev–Trinajstić information content (AvgIpc) is 2.31. The molecule has 0 saturated carbocycles. The summed E-state index contributed by atoms with van der Waals surface area (Å²) in [4.78, 5) is 0. The van der Waals surface area contributed by atoms with Crippen LogP contribution >= 0.6 is 0 Å². The molecule has 0 fully saturated rings. The Kier molecular flexibility index (Phi) is 2.76. The molecule has 3 nitrogen and oxygen atoms in total. The van der Waals surface area contributed by atoms with Gasteiger partial charge in [0.2, 0.25) is 0 Å². The summed E-state index contributed by atoms with van der Waals surface area (Å²) in [5.41, 5.74) is 2.07. The van der Waals surface area contributed by atoms with Gasteiger partial charge in [-0.05, 0) is 13.8 Å². The van der Waals surface area contributed by atoms with Crippen LogP contribution in [-0.2, 0) is 7.05 Å². The fraction of sp³-hybridized carbons (Fsp3) is 0.444. The summed E-state index contributed by atoms with van der Waals surface area (Å²) in [7, 11) is 1.91. The molecule has 0 unspecified atom stereocenters. The van der Waals surface area contributed by atoms with Crippen molar-refractivity contribution in [3.05, 3.63) is 11.9 Å². The lowest BCUT2D eigenvalue weighted by Gasteiger charge is -1.96. The molecule has 1 aromatic rings. The van der Waals surface area contributed by atoms with Crippen molar-refractivity contribution in [1.29, 1.82) is 0 Å². The van der Waals surface area contributed by atoms with Crippen LogP contribution in [0.4, 0.5) is 5.69 Å². The summed E-state index contributed by atoms with van der Waals surface area (Å²) in [6.45, 7) is 4.49. The molecule has 3 heteroatoms. The van der Waals surface area contributed by atoms with E-state index >= 15 is 0 Å². The van der Waals surface area contributed by atoms with Crippen molar-refractivity contribution in [1.82, 2.24) is 9.78 Å². The van der Waals surface area contributed by atoms with Gasteiger partial charge in [0, 0.05) is 13.2 Å². The lowest BCUT2D eigenvalue weighted by atomic mass is 10.4. The number of nitrogens with one attached hydrogen (secondary N) is 1. The van der Waals surface area contributed by atoms with Gasteiger partial charge in [0.25, 0.3) is 0 Å². The third-order valence-electron chi connectivity index (χ3n) is 1.56. The molecule has 0 aliphatic heterocycles. The first kappa shape index (κ1) is 8.66. The van der Waals surface area contributed by atoms with Gasteiger partial charge in [-0.25, -0.2) is 0 Å². The van der Waals surface area contributed by atoms with E-state index in [1.54, 1.807) is 4.68 Å². The van der Waals surface area contributed by atoms with Crippen molar-refractivity contribution < 1.29 is 0 Å². The molecule has 0 aliphatic carbocycles. The molecule has 0 radical (unpaired) electrons. The normalized spacial score (nSPS) is 8.92. The minimum Gasteiger partial charge on any atom is -0.371 e. The van der Waals surface area contributed by atoms with Crippen LogP contribution in [0.25, 0.3) is 0 Å². The van der Waals surface area contributed by atoms with E-state index in [-0.39, 0.29) is 0 Å². The predicted octanol–water partition coefficient (Wildman–Crippen LogP) is 1.16. The third-order valence-corrected chi connectivity index (χ3v) is 1.56. The lowest BCUT2D eigenvalue weighted by Crippen LogP contribution is -1.98. The molecule has 12 heavy (non-hydrogen) atoms. The number of rotatable bonds is 2. The number of hydrogen-bond acceptors (Lipinski definition) is 2. The Hall–Kier alpha value is -1.43. The topological polar surface area (TPSA) is 29.9 Å². The largest absolute Gasteiger partial charge is 0.371 e. The second-order valence-electron chi connectivity index (χ2n) is 2.58. The highest BCUT2D eigenvalue weighted by atomic mass is 15.3. The molecule has 1 aromatic heterocycles. The van der Waals surface area contributed by atoms with E-state index in [2.05, 4.69) is 22.3 Å². The van der Waals surface area contributed by atoms with Crippen molar-refractivity contribution in [2.75, 3.05) is 11.9 Å². The Labute approximate surface area is 72.8 Å². The fourth-order valence-electron chi connectivity index (χ4n) is 1.00. The number of hydrogen-bond donors (Lipinski definition) is 1. The molecule has 0 atom stereocenters. The van der Waals surface area contributed by atoms with Crippen molar-refractivity contribution in [2.45, 2.75) is 13.8 Å². The first-order valence-electron chi connectivity index (χ1n) is 3.87. The van der Waals surface area contributed by atoms with Gasteiger partial charge in [-0.1, -0.05) is 5.92 Å². The summed E-state index contributed by atoms with van der Waals surface area (Å²) < 4.78 is 1.79. The van der Waals surface area contributed by atoms with E-state index in [9.17, 15) is 0 Å². The molecule has 0 saturated heterocycles. The Bertz CT molecular complexity index is 314. The second-order valence-corrected chi connectivity index (χ2v) is 2.58. The van der Waals surface area contributed by atoms with Crippen LogP contribution in [0, 0.1) is 18.8 Å². The molecule has 1 heterocycles. The number of aryl methyl sites for hydroxylation is 2. The molecule has 0 aliphatic rings. The highest BCUT2D eigenvalue weighted by Gasteiger charge is 1.99. The van der Waals surface area contributed by atoms with E-state index in [0.29, 0.717) is 6.54 Å². The van der Waals surface area contributed by atoms with Crippen LogP contribution in [0.1, 0.15) is 12.6 Å². The average molecular weight is 163 g/mol. The zero-order valence-corrected chi connectivity index (χ0v) is 7.68. The Balaban J connectivity index is 2.60. The minimum absolute atomic E-state index is 0.684. The molecule has 0 bridgehead atoms. The van der Waals surface area contributed by atoms with Gasteiger partial charge in [-0.2, -0.15) is 5.10 Å². The molecule has 1 rings (SSSR count). The minimum atomic E-state index is 0.684. The van der Waals surface area contributed by atoms with Gasteiger partial charge < -0.3 is 5.32 Å². The van der Waals surface area contributed by atoms with Crippen LogP contribution in [0.2, 0.25) is 0 Å². The zero-order chi connectivity index (χ0) is 8.97. The Morgan fingerprint density at radius 1 is 1.67 bits per heavy atom. The SMILES string of the molecule is CC#CCNc1cn(C)nc1C. The number of anilines is 1. The third kappa shape index (κ3) is 2.03. The smallest absolute Gasteiger partial charge is 0.0825 e. The maximum atomic E-state index is 4.20. The van der Waals surface area contributed by atoms with Crippen LogP contribution in [0.15, 0.2) is 6.20 Å². The van der Waals surface area contributed by atoms with Crippen LogP contribution in [0.5, 0.6) is 0 Å². The predicted molar refractivity (Wildman–Crippen MR) is 49.9 cm³/mol. The number of nitrogens with zero attached hydrogens (tertiary/aromatic N) is 2. The molecule has 0 aromatic carbocycles. The second kappa shape index (κ2) is 3.82. The van der Waals surface area contributed by atoms with Gasteiger partial charge >= 0.3 is 0 Å². The highest BCUT2D eigenvalue weighted by molar-refractivity contribution is 5.46. The zero-order valence-electron chi connectivity index (χ0n) is 7.68. The summed E-state index contributed by atoms with van der Waals surface area (Å²) >= 11 is 0. The van der Waals surface area contributed by atoms with Crippen LogP contribution in [0.3, 0.4) is 0 Å². The summed E-state index contributed by atoms with van der Waals surface area (Å²) in [6.07, 6.45) is 1.95. The van der Waals surface area contributed by atoms with Crippen molar-refractivity contribution in [2.24, 2.45) is 7.05 Å². The first-order valence-corrected chi connectivity index (χ1v) is 3.87. The molecular weight excluding hydrogens is 150 g/mol. The van der Waals surface area contributed by atoms with Gasteiger partial charge in [0.1, 0.15) is 0 Å². The van der Waals surface area contributed by atoms with E-state index in [0.717, 1.165) is 11.4 Å². The van der Waals surface area contributed by atoms with Gasteiger partial charge in [0.15, 0.2) is 0 Å². The quantitative estimate of drug-likeness (QED) is 0.663. The monoisotopic (exact) mass is 163 g/mol. The van der Waals surface area contributed by atoms with Gasteiger partial charge in [-0.15, -0.1) is 5.92 Å². The first-order chi connectivity index (χ1) is 5.74. The Morgan fingerprint density at radius 2 is 2.42 bits per heavy atom. The number of aromatic nitrogens is 2. The van der Waals surface area contributed by atoms with Crippen molar-refractivity contribution in [3.8, 4) is 11.8 Å². The van der Waals surface area contributed by atoms with E-state index in [1.807, 2.05) is 27.1 Å². The summed E-state index contributed by atoms with van der Waals surface area (Å²) in [5, 5.41) is 7.37. The molecule has 0 spiro atoms. The van der Waals surface area contributed by atoms with Crippen LogP contribution in [-0.4, -0.2) is 16.3 Å². The standard InChI is InChI=1S/C9H13N3/c1-4-5-6-10-9-7-12(3)11-8(9)2/h7,10H,6H2,1-3H3. The van der Waals surface area contributed by atoms with Crippen molar-refractivity contribution in [3.63, 3.8) is 0 Å². The van der Waals surface area contributed by atoms with Crippen LogP contribution < -0.4 is 5.32 Å². The van der Waals surface area contributed by atoms with E-state index < -0.39 is 0 Å². The van der Waals surface area contributed by atoms with Gasteiger partial charge in [0.05, 0.1) is 17.9 Å². The Morgan fingerprint density at radius 3 is 2.92 bits per heavy atom. The maximum absolute atomic E-state index is 4.20. The lowest BCUT2D eigenvalue weighted by molar-refractivity contribution is 0.756. The maximum Gasteiger partial charge on any atom is 0.0825 e. The van der Waals surface area contributed by atoms with E-state index in [1.165, 1.54) is 0 Å². The molecule has 0 amide bonds. The van der Waals surface area contributed by atoms with Gasteiger partial charge in [-0.3, -0.25) is 4.68 Å². The fourth-order valence-corrected chi connectivity index (χ4v) is 1.00. The molecule has 1 N–H and O–H groups in total.